The third kappa shape index (κ3) is 4.80. The molecule has 0 saturated heterocycles. The van der Waals surface area contributed by atoms with Crippen LogP contribution < -0.4 is 15.0 Å². The van der Waals surface area contributed by atoms with E-state index in [9.17, 15) is 14.4 Å². The first-order valence-electron chi connectivity index (χ1n) is 8.68. The molecule has 0 bridgehead atoms. The first-order valence-corrected chi connectivity index (χ1v) is 9.05. The average Bonchev–Trinajstić information content (AvgIpc) is 2.68. The summed E-state index contributed by atoms with van der Waals surface area (Å²) in [6.45, 7) is 1.48. The van der Waals surface area contributed by atoms with E-state index in [1.807, 2.05) is 13.0 Å². The zero-order valence-corrected chi connectivity index (χ0v) is 16.0. The number of fused-ring (bicyclic) bond motifs is 1. The normalized spacial score (nSPS) is 12.8. The molecule has 0 fully saturated rings. The van der Waals surface area contributed by atoms with E-state index in [0.717, 1.165) is 5.56 Å². The molecule has 0 spiro atoms. The van der Waals surface area contributed by atoms with Gasteiger partial charge in [-0.3, -0.25) is 14.4 Å². The van der Waals surface area contributed by atoms with Crippen LogP contribution >= 0.6 is 11.6 Å². The molecule has 3 rings (SSSR count). The monoisotopic (exact) mass is 402 g/mol. The standard InChI is InChI=1S/C20H19ClN2O5/c1-13-10-14(21)6-7-15(13)22-18(24)11-28-20(26)8-9-23-16-4-2-3-5-17(16)27-12-19(23)25/h2-7,10H,8-9,11-12H2,1H3,(H,22,24). The third-order valence-electron chi connectivity index (χ3n) is 4.17. The quantitative estimate of drug-likeness (QED) is 0.751. The van der Waals surface area contributed by atoms with E-state index in [2.05, 4.69) is 5.32 Å². The van der Waals surface area contributed by atoms with Crippen LogP contribution in [0.2, 0.25) is 5.02 Å². The van der Waals surface area contributed by atoms with Gasteiger partial charge < -0.3 is 19.7 Å². The molecular formula is C20H19ClN2O5. The van der Waals surface area contributed by atoms with Crippen molar-refractivity contribution in [3.63, 3.8) is 0 Å². The van der Waals surface area contributed by atoms with Crippen molar-refractivity contribution in [1.29, 1.82) is 0 Å². The molecular weight excluding hydrogens is 384 g/mol. The van der Waals surface area contributed by atoms with Gasteiger partial charge in [-0.25, -0.2) is 0 Å². The first-order chi connectivity index (χ1) is 13.4. The molecule has 2 aromatic rings. The van der Waals surface area contributed by atoms with Crippen LogP contribution in [0.1, 0.15) is 12.0 Å². The van der Waals surface area contributed by atoms with Gasteiger partial charge in [-0.1, -0.05) is 23.7 Å². The molecule has 1 N–H and O–H groups in total. The lowest BCUT2D eigenvalue weighted by molar-refractivity contribution is -0.147. The summed E-state index contributed by atoms with van der Waals surface area (Å²) in [7, 11) is 0. The van der Waals surface area contributed by atoms with E-state index in [1.54, 1.807) is 36.4 Å². The number of nitrogens with one attached hydrogen (secondary N) is 1. The Bertz CT molecular complexity index is 915. The number of hydrogen-bond donors (Lipinski definition) is 1. The molecule has 28 heavy (non-hydrogen) atoms. The highest BCUT2D eigenvalue weighted by Gasteiger charge is 2.25. The molecule has 0 aliphatic carbocycles. The fourth-order valence-corrected chi connectivity index (χ4v) is 3.00. The van der Waals surface area contributed by atoms with Gasteiger partial charge in [0.2, 0.25) is 0 Å². The molecule has 0 saturated carbocycles. The average molecular weight is 403 g/mol. The van der Waals surface area contributed by atoms with E-state index >= 15 is 0 Å². The summed E-state index contributed by atoms with van der Waals surface area (Å²) in [6, 6.07) is 12.2. The number of amides is 2. The molecule has 1 aliphatic rings. The van der Waals surface area contributed by atoms with Crippen LogP contribution in [0.15, 0.2) is 42.5 Å². The van der Waals surface area contributed by atoms with Gasteiger partial charge in [-0.15, -0.1) is 0 Å². The maximum absolute atomic E-state index is 12.1. The molecule has 0 unspecified atom stereocenters. The number of carbonyl (C=O) groups is 3. The highest BCUT2D eigenvalue weighted by Crippen LogP contribution is 2.31. The zero-order valence-electron chi connectivity index (χ0n) is 15.2. The van der Waals surface area contributed by atoms with Crippen LogP contribution in [-0.4, -0.2) is 37.5 Å². The minimum absolute atomic E-state index is 0.0344. The van der Waals surface area contributed by atoms with Gasteiger partial charge in [0.05, 0.1) is 12.1 Å². The number of benzene rings is 2. The van der Waals surface area contributed by atoms with Crippen LogP contribution in [0.5, 0.6) is 5.75 Å². The number of ether oxygens (including phenoxy) is 2. The van der Waals surface area contributed by atoms with Crippen molar-refractivity contribution in [2.24, 2.45) is 0 Å². The SMILES string of the molecule is Cc1cc(Cl)ccc1NC(=O)COC(=O)CCN1C(=O)COc2ccccc21. The fourth-order valence-electron chi connectivity index (χ4n) is 2.77. The van der Waals surface area contributed by atoms with Crippen molar-refractivity contribution in [3.05, 3.63) is 53.1 Å². The molecule has 2 aromatic carbocycles. The number of carbonyl (C=O) groups excluding carboxylic acids is 3. The Balaban J connectivity index is 1.48. The predicted molar refractivity (Wildman–Crippen MR) is 105 cm³/mol. The summed E-state index contributed by atoms with van der Waals surface area (Å²) >= 11 is 5.88. The molecule has 1 heterocycles. The van der Waals surface area contributed by atoms with E-state index in [-0.39, 0.29) is 25.5 Å². The van der Waals surface area contributed by atoms with Gasteiger partial charge in [-0.05, 0) is 42.8 Å². The maximum atomic E-state index is 12.1. The highest BCUT2D eigenvalue weighted by molar-refractivity contribution is 6.30. The number of aryl methyl sites for hydroxylation is 1. The van der Waals surface area contributed by atoms with Crippen LogP contribution in [0.3, 0.4) is 0 Å². The molecule has 0 atom stereocenters. The fraction of sp³-hybridized carbons (Fsp3) is 0.250. The largest absolute Gasteiger partial charge is 0.482 e. The molecule has 0 aromatic heterocycles. The molecule has 7 nitrogen and oxygen atoms in total. The number of nitrogens with zero attached hydrogens (tertiary/aromatic N) is 1. The number of rotatable bonds is 6. The second kappa shape index (κ2) is 8.75. The first kappa shape index (κ1) is 19.7. The Hall–Kier alpha value is -3.06. The zero-order chi connectivity index (χ0) is 20.1. The molecule has 2 amide bonds. The Morgan fingerprint density at radius 2 is 2.04 bits per heavy atom. The lowest BCUT2D eigenvalue weighted by Gasteiger charge is -2.28. The summed E-state index contributed by atoms with van der Waals surface area (Å²) in [5.41, 5.74) is 2.01. The lowest BCUT2D eigenvalue weighted by atomic mass is 10.2. The van der Waals surface area contributed by atoms with Gasteiger partial charge in [0.1, 0.15) is 5.75 Å². The minimum Gasteiger partial charge on any atom is -0.482 e. The predicted octanol–water partition coefficient (Wildman–Crippen LogP) is 2.95. The van der Waals surface area contributed by atoms with Crippen molar-refractivity contribution in [1.82, 2.24) is 0 Å². The maximum Gasteiger partial charge on any atom is 0.308 e. The van der Waals surface area contributed by atoms with Crippen molar-refractivity contribution in [3.8, 4) is 5.75 Å². The van der Waals surface area contributed by atoms with Gasteiger partial charge in [0.25, 0.3) is 11.8 Å². The smallest absolute Gasteiger partial charge is 0.308 e. The lowest BCUT2D eigenvalue weighted by Crippen LogP contribution is -2.40. The van der Waals surface area contributed by atoms with E-state index in [4.69, 9.17) is 21.1 Å². The number of anilines is 2. The minimum atomic E-state index is -0.570. The summed E-state index contributed by atoms with van der Waals surface area (Å²) in [4.78, 5) is 37.5. The number of hydrogen-bond acceptors (Lipinski definition) is 5. The number of para-hydroxylation sites is 2. The van der Waals surface area contributed by atoms with E-state index in [0.29, 0.717) is 22.1 Å². The Morgan fingerprint density at radius 3 is 2.82 bits per heavy atom. The summed E-state index contributed by atoms with van der Waals surface area (Å²) < 4.78 is 10.4. The topological polar surface area (TPSA) is 84.9 Å². The van der Waals surface area contributed by atoms with Gasteiger partial charge in [-0.2, -0.15) is 0 Å². The number of halogens is 1. The molecule has 8 heteroatoms. The highest BCUT2D eigenvalue weighted by atomic mass is 35.5. The van der Waals surface area contributed by atoms with Gasteiger partial charge >= 0.3 is 5.97 Å². The van der Waals surface area contributed by atoms with Crippen molar-refractivity contribution in [2.75, 3.05) is 30.0 Å². The van der Waals surface area contributed by atoms with Crippen LogP contribution in [0.4, 0.5) is 11.4 Å². The van der Waals surface area contributed by atoms with Crippen LogP contribution in [0.25, 0.3) is 0 Å². The van der Waals surface area contributed by atoms with Crippen molar-refractivity contribution in [2.45, 2.75) is 13.3 Å². The van der Waals surface area contributed by atoms with Crippen molar-refractivity contribution < 1.29 is 23.9 Å². The third-order valence-corrected chi connectivity index (χ3v) is 4.41. The Labute approximate surface area is 167 Å². The van der Waals surface area contributed by atoms with Gasteiger partial charge in [0, 0.05) is 17.3 Å². The summed E-state index contributed by atoms with van der Waals surface area (Å²) in [5.74, 6) is -0.665. The van der Waals surface area contributed by atoms with Crippen molar-refractivity contribution >= 4 is 40.8 Å². The van der Waals surface area contributed by atoms with Crippen LogP contribution in [0, 0.1) is 6.92 Å². The van der Waals surface area contributed by atoms with Gasteiger partial charge in [0.15, 0.2) is 13.2 Å². The summed E-state index contributed by atoms with van der Waals surface area (Å²) in [6.07, 6.45) is -0.0344. The number of esters is 1. The summed E-state index contributed by atoms with van der Waals surface area (Å²) in [5, 5.41) is 3.23. The molecule has 146 valence electrons. The van der Waals surface area contributed by atoms with Crippen LogP contribution in [-0.2, 0) is 19.1 Å². The molecule has 0 radical (unpaired) electrons. The second-order valence-corrected chi connectivity index (χ2v) is 6.66. The Kier molecular flexibility index (Phi) is 6.16. The molecule has 1 aliphatic heterocycles. The second-order valence-electron chi connectivity index (χ2n) is 6.22. The van der Waals surface area contributed by atoms with E-state index < -0.39 is 18.5 Å². The van der Waals surface area contributed by atoms with E-state index in [1.165, 1.54) is 4.90 Å². The Morgan fingerprint density at radius 1 is 1.25 bits per heavy atom.